The summed E-state index contributed by atoms with van der Waals surface area (Å²) in [6.45, 7) is 1.25. The fourth-order valence-corrected chi connectivity index (χ4v) is 5.15. The monoisotopic (exact) mass is 380 g/mol. The van der Waals surface area contributed by atoms with Crippen molar-refractivity contribution in [2.45, 2.75) is 6.92 Å². The topological polar surface area (TPSA) is 130 Å². The van der Waals surface area contributed by atoms with E-state index in [0.717, 1.165) is 21.3 Å². The van der Waals surface area contributed by atoms with Gasteiger partial charge in [0.2, 0.25) is 0 Å². The Bertz CT molecular complexity index is 754. The molecule has 0 aromatic carbocycles. The van der Waals surface area contributed by atoms with Crippen LogP contribution in [0.1, 0.15) is 6.92 Å². The van der Waals surface area contributed by atoms with E-state index in [9.17, 15) is 28.8 Å². The first-order chi connectivity index (χ1) is 12.7. The predicted octanol–water partition coefficient (Wildman–Crippen LogP) is -0.797. The summed E-state index contributed by atoms with van der Waals surface area (Å²) in [4.78, 5) is 74.5. The molecule has 8 atom stereocenters. The standard InChI is InChI=1S/C18H20O9/c1-5(19)6-7-8(11(6)16(22)25-2)15(21)10-9(14(7)20)12(17(23)26-3)13(10)18(24)27-4/h6-13H,1-4H3. The number of hydrogen-bond acceptors (Lipinski definition) is 9. The van der Waals surface area contributed by atoms with Gasteiger partial charge in [-0.15, -0.1) is 0 Å². The summed E-state index contributed by atoms with van der Waals surface area (Å²) in [7, 11) is 3.38. The lowest BCUT2D eigenvalue weighted by atomic mass is 9.39. The summed E-state index contributed by atoms with van der Waals surface area (Å²) < 4.78 is 14.1. The maximum Gasteiger partial charge on any atom is 0.310 e. The van der Waals surface area contributed by atoms with Crippen molar-refractivity contribution in [3.8, 4) is 0 Å². The van der Waals surface area contributed by atoms with Crippen molar-refractivity contribution in [3.63, 3.8) is 0 Å². The van der Waals surface area contributed by atoms with Gasteiger partial charge in [-0.3, -0.25) is 28.8 Å². The van der Waals surface area contributed by atoms with E-state index in [1.165, 1.54) is 6.92 Å². The first-order valence-corrected chi connectivity index (χ1v) is 8.54. The number of ether oxygens (including phenoxy) is 3. The minimum Gasteiger partial charge on any atom is -0.469 e. The van der Waals surface area contributed by atoms with Gasteiger partial charge in [0.25, 0.3) is 0 Å². The van der Waals surface area contributed by atoms with Crippen LogP contribution in [0.3, 0.4) is 0 Å². The molecule has 0 aromatic heterocycles. The summed E-state index contributed by atoms with van der Waals surface area (Å²) in [5, 5.41) is 0. The van der Waals surface area contributed by atoms with E-state index in [1.807, 2.05) is 0 Å². The quantitative estimate of drug-likeness (QED) is 0.454. The second-order valence-electron chi connectivity index (χ2n) is 7.19. The number of rotatable bonds is 4. The van der Waals surface area contributed by atoms with Crippen molar-refractivity contribution in [2.24, 2.45) is 47.3 Å². The van der Waals surface area contributed by atoms with Crippen molar-refractivity contribution in [2.75, 3.05) is 21.3 Å². The van der Waals surface area contributed by atoms with Crippen LogP contribution in [0.15, 0.2) is 0 Å². The Balaban J connectivity index is 2.01. The van der Waals surface area contributed by atoms with Gasteiger partial charge in [0.1, 0.15) is 17.3 Å². The Hall–Kier alpha value is -2.58. The van der Waals surface area contributed by atoms with E-state index in [-0.39, 0.29) is 0 Å². The van der Waals surface area contributed by atoms with Gasteiger partial charge in [-0.2, -0.15) is 0 Å². The molecule has 3 rings (SSSR count). The molecule has 0 heterocycles. The van der Waals surface area contributed by atoms with Crippen LogP contribution >= 0.6 is 0 Å². The summed E-state index contributed by atoms with van der Waals surface area (Å²) in [5.74, 6) is -12.0. The SMILES string of the molecule is COC(=O)C1C(C(C)=O)C2C(=O)C3C(C(=O)OC)C(C(=O)OC)C3C(=O)C12. The molecule has 9 heteroatoms. The Morgan fingerprint density at radius 1 is 0.593 bits per heavy atom. The second-order valence-corrected chi connectivity index (χ2v) is 7.19. The molecule has 0 spiro atoms. The molecule has 0 amide bonds. The number of Topliss-reactive ketones (excluding diaryl/α,β-unsaturated/α-hetero) is 3. The van der Waals surface area contributed by atoms with Crippen molar-refractivity contribution in [1.29, 1.82) is 0 Å². The molecule has 3 aliphatic rings. The summed E-state index contributed by atoms with van der Waals surface area (Å²) in [6, 6.07) is 0. The van der Waals surface area contributed by atoms with Crippen molar-refractivity contribution < 1.29 is 43.0 Å². The fraction of sp³-hybridized carbons (Fsp3) is 0.667. The molecule has 3 aliphatic carbocycles. The lowest BCUT2D eigenvalue weighted by Gasteiger charge is -2.59. The minimum atomic E-state index is -1.14. The van der Waals surface area contributed by atoms with Crippen LogP contribution in [-0.2, 0) is 43.0 Å². The maximum atomic E-state index is 13.0. The first-order valence-electron chi connectivity index (χ1n) is 8.54. The highest BCUT2D eigenvalue weighted by atomic mass is 16.5. The third-order valence-corrected chi connectivity index (χ3v) is 6.30. The summed E-state index contributed by atoms with van der Waals surface area (Å²) >= 11 is 0. The first kappa shape index (κ1) is 19.2. The zero-order valence-corrected chi connectivity index (χ0v) is 15.3. The molecule has 0 radical (unpaired) electrons. The van der Waals surface area contributed by atoms with Crippen LogP contribution < -0.4 is 0 Å². The molecule has 27 heavy (non-hydrogen) atoms. The van der Waals surface area contributed by atoms with Crippen LogP contribution in [0.2, 0.25) is 0 Å². The van der Waals surface area contributed by atoms with E-state index >= 15 is 0 Å². The van der Waals surface area contributed by atoms with Gasteiger partial charge in [-0.25, -0.2) is 0 Å². The number of carbonyl (C=O) groups is 6. The van der Waals surface area contributed by atoms with Crippen molar-refractivity contribution in [3.05, 3.63) is 0 Å². The highest BCUT2D eigenvalue weighted by Gasteiger charge is 2.75. The smallest absolute Gasteiger partial charge is 0.310 e. The molecule has 0 saturated heterocycles. The Morgan fingerprint density at radius 3 is 1.11 bits per heavy atom. The van der Waals surface area contributed by atoms with E-state index < -0.39 is 82.6 Å². The zero-order valence-electron chi connectivity index (χ0n) is 15.3. The predicted molar refractivity (Wildman–Crippen MR) is 84.7 cm³/mol. The van der Waals surface area contributed by atoms with Gasteiger partial charge >= 0.3 is 17.9 Å². The second kappa shape index (κ2) is 6.54. The van der Waals surface area contributed by atoms with E-state index in [4.69, 9.17) is 14.2 Å². The zero-order chi connectivity index (χ0) is 20.2. The highest BCUT2D eigenvalue weighted by Crippen LogP contribution is 2.61. The van der Waals surface area contributed by atoms with Gasteiger partial charge in [-0.1, -0.05) is 0 Å². The van der Waals surface area contributed by atoms with Gasteiger partial charge in [0, 0.05) is 29.6 Å². The van der Waals surface area contributed by atoms with Crippen LogP contribution in [0, 0.1) is 47.3 Å². The lowest BCUT2D eigenvalue weighted by Crippen LogP contribution is -2.73. The molecule has 8 unspecified atom stereocenters. The molecular formula is C18H20O9. The van der Waals surface area contributed by atoms with Gasteiger partial charge in [0.15, 0.2) is 0 Å². The minimum absolute atomic E-state index is 0.398. The van der Waals surface area contributed by atoms with Crippen molar-refractivity contribution in [1.82, 2.24) is 0 Å². The van der Waals surface area contributed by atoms with E-state index in [2.05, 4.69) is 0 Å². The third-order valence-electron chi connectivity index (χ3n) is 6.30. The number of fused-ring (bicyclic) bond motifs is 2. The van der Waals surface area contributed by atoms with Gasteiger partial charge in [-0.05, 0) is 6.92 Å². The molecule has 0 aliphatic heterocycles. The Labute approximate surface area is 154 Å². The molecule has 0 N–H and O–H groups in total. The molecule has 3 fully saturated rings. The van der Waals surface area contributed by atoms with Crippen LogP contribution in [-0.4, -0.2) is 56.6 Å². The Kier molecular flexibility index (Phi) is 4.65. The summed E-state index contributed by atoms with van der Waals surface area (Å²) in [6.07, 6.45) is 0. The lowest BCUT2D eigenvalue weighted by molar-refractivity contribution is -0.205. The molecular weight excluding hydrogens is 360 g/mol. The third kappa shape index (κ3) is 2.36. The van der Waals surface area contributed by atoms with Crippen molar-refractivity contribution >= 4 is 35.3 Å². The number of ketones is 3. The van der Waals surface area contributed by atoms with Crippen LogP contribution in [0.5, 0.6) is 0 Å². The number of methoxy groups -OCH3 is 3. The van der Waals surface area contributed by atoms with Crippen LogP contribution in [0.4, 0.5) is 0 Å². The Morgan fingerprint density at radius 2 is 0.852 bits per heavy atom. The average molecular weight is 380 g/mol. The molecule has 9 nitrogen and oxygen atoms in total. The number of carbonyl (C=O) groups excluding carboxylic acids is 6. The van der Waals surface area contributed by atoms with Gasteiger partial charge < -0.3 is 14.2 Å². The van der Waals surface area contributed by atoms with Gasteiger partial charge in [0.05, 0.1) is 39.1 Å². The molecule has 0 bridgehead atoms. The number of hydrogen-bond donors (Lipinski definition) is 0. The highest BCUT2D eigenvalue weighted by molar-refractivity contribution is 6.12. The van der Waals surface area contributed by atoms with E-state index in [1.54, 1.807) is 0 Å². The summed E-state index contributed by atoms with van der Waals surface area (Å²) in [5.41, 5.74) is 0. The number of esters is 3. The maximum absolute atomic E-state index is 13.0. The molecule has 146 valence electrons. The largest absolute Gasteiger partial charge is 0.469 e. The fourth-order valence-electron chi connectivity index (χ4n) is 5.15. The molecule has 3 saturated carbocycles. The molecule has 0 aromatic rings. The van der Waals surface area contributed by atoms with Crippen LogP contribution in [0.25, 0.3) is 0 Å². The normalized spacial score (nSPS) is 39.1. The van der Waals surface area contributed by atoms with E-state index in [0.29, 0.717) is 0 Å². The average Bonchev–Trinajstić information content (AvgIpc) is 2.57.